The summed E-state index contributed by atoms with van der Waals surface area (Å²) in [7, 11) is 0. The van der Waals surface area contributed by atoms with Crippen molar-refractivity contribution in [3.8, 4) is 11.9 Å². The quantitative estimate of drug-likeness (QED) is 0.303. The summed E-state index contributed by atoms with van der Waals surface area (Å²) in [4.78, 5) is 53.8. The van der Waals surface area contributed by atoms with Gasteiger partial charge in [-0.25, -0.2) is 4.99 Å². The number of carboxylic acids is 1. The van der Waals surface area contributed by atoms with Crippen molar-refractivity contribution < 1.29 is 29.7 Å². The Kier molecular flexibility index (Phi) is 7.08. The molecule has 1 aliphatic heterocycles. The molecule has 0 bridgehead atoms. The van der Waals surface area contributed by atoms with Crippen molar-refractivity contribution in [3.05, 3.63) is 126 Å². The van der Waals surface area contributed by atoms with Gasteiger partial charge in [0.2, 0.25) is 11.7 Å². The molecule has 0 fully saturated rings. The standard InChI is InChI=1S/C32H21N3O7/c1-17-20(31(41)35(16-26(37)38)32(42)23(17)15-33)9-4-2-3-7-18-11-12-21-22(13-18)30(40)27(29(21)39)28-25(36)14-19-8-5-6-10-24(19)34-28/h2-14,39,41H,16H2,1H3,(H,37,38). The van der Waals surface area contributed by atoms with E-state index in [0.29, 0.717) is 25.6 Å². The summed E-state index contributed by atoms with van der Waals surface area (Å²) < 4.78 is 0.617. The molecule has 206 valence electrons. The van der Waals surface area contributed by atoms with E-state index in [0.717, 1.165) is 0 Å². The summed E-state index contributed by atoms with van der Waals surface area (Å²) >= 11 is 0. The Morgan fingerprint density at radius 2 is 1.83 bits per heavy atom. The van der Waals surface area contributed by atoms with E-state index < -0.39 is 35.5 Å². The largest absolute Gasteiger partial charge is 0.506 e. The SMILES string of the molecule is Cc1c(C=CC=CC=c2ccc3c(c2)C(=O)C(=C2N=c4ccccc4=CC2=O)C=3O)c(O)n(CC(=O)O)c(=O)c1C#N. The van der Waals surface area contributed by atoms with Gasteiger partial charge >= 0.3 is 5.97 Å². The number of aliphatic carboxylic acids is 1. The van der Waals surface area contributed by atoms with Gasteiger partial charge in [0.25, 0.3) is 5.56 Å². The number of pyridine rings is 1. The van der Waals surface area contributed by atoms with E-state index in [9.17, 15) is 34.7 Å². The summed E-state index contributed by atoms with van der Waals surface area (Å²) in [5.41, 5.74) is -0.880. The van der Waals surface area contributed by atoms with E-state index in [1.807, 2.05) is 0 Å². The Labute approximate surface area is 237 Å². The second-order valence-electron chi connectivity index (χ2n) is 9.43. The molecule has 3 N–H and O–H groups in total. The number of hydrogen-bond acceptors (Lipinski definition) is 8. The average Bonchev–Trinajstić information content (AvgIpc) is 3.21. The van der Waals surface area contributed by atoms with Gasteiger partial charge in [-0.15, -0.1) is 0 Å². The van der Waals surface area contributed by atoms with Crippen molar-refractivity contribution >= 4 is 41.5 Å². The van der Waals surface area contributed by atoms with Crippen molar-refractivity contribution in [3.63, 3.8) is 0 Å². The van der Waals surface area contributed by atoms with Crippen LogP contribution in [-0.2, 0) is 16.1 Å². The van der Waals surface area contributed by atoms with Crippen LogP contribution < -0.4 is 26.6 Å². The van der Waals surface area contributed by atoms with Crippen LogP contribution >= 0.6 is 0 Å². The average molecular weight is 560 g/mol. The maximum Gasteiger partial charge on any atom is 0.323 e. The fourth-order valence-electron chi connectivity index (χ4n) is 4.77. The van der Waals surface area contributed by atoms with Gasteiger partial charge < -0.3 is 15.3 Å². The second kappa shape index (κ2) is 10.8. The van der Waals surface area contributed by atoms with Crippen molar-refractivity contribution in [1.29, 1.82) is 5.26 Å². The number of para-hydroxylation sites is 1. The third-order valence-corrected chi connectivity index (χ3v) is 6.85. The highest BCUT2D eigenvalue weighted by molar-refractivity contribution is 6.27. The second-order valence-corrected chi connectivity index (χ2v) is 9.43. The zero-order valence-electron chi connectivity index (χ0n) is 22.0. The number of aliphatic hydroxyl groups excluding tert-OH is 1. The molecule has 0 spiro atoms. The maximum absolute atomic E-state index is 13.3. The summed E-state index contributed by atoms with van der Waals surface area (Å²) in [5, 5.41) is 41.8. The van der Waals surface area contributed by atoms with Crippen LogP contribution in [0.2, 0.25) is 0 Å². The number of nitrogens with zero attached hydrogens (tertiary/aromatic N) is 3. The summed E-state index contributed by atoms with van der Waals surface area (Å²) in [6.07, 6.45) is 9.26. The van der Waals surface area contributed by atoms with E-state index in [-0.39, 0.29) is 39.3 Å². The smallest absolute Gasteiger partial charge is 0.323 e. The summed E-state index contributed by atoms with van der Waals surface area (Å²) in [5.74, 6) is -3.22. The Balaban J connectivity index is 1.45. The lowest BCUT2D eigenvalue weighted by atomic mass is 10.0. The predicted molar refractivity (Wildman–Crippen MR) is 152 cm³/mol. The maximum atomic E-state index is 13.3. The molecular weight excluding hydrogens is 538 g/mol. The minimum atomic E-state index is -1.35. The van der Waals surface area contributed by atoms with E-state index in [2.05, 4.69) is 4.99 Å². The molecule has 10 nitrogen and oxygen atoms in total. The van der Waals surface area contributed by atoms with Crippen molar-refractivity contribution in [1.82, 2.24) is 4.57 Å². The highest BCUT2D eigenvalue weighted by Crippen LogP contribution is 2.25. The molecule has 3 aromatic rings. The number of aliphatic hydroxyl groups is 1. The lowest BCUT2D eigenvalue weighted by molar-refractivity contribution is -0.137. The van der Waals surface area contributed by atoms with Gasteiger partial charge in [0.05, 0.1) is 10.9 Å². The van der Waals surface area contributed by atoms with Crippen LogP contribution in [0.3, 0.4) is 0 Å². The fraction of sp³-hybridized carbons (Fsp3) is 0.0625. The molecule has 2 aromatic carbocycles. The molecule has 0 saturated carbocycles. The first-order chi connectivity index (χ1) is 20.1. The number of carbonyl (C=O) groups is 3. The van der Waals surface area contributed by atoms with Crippen LogP contribution in [0.15, 0.2) is 81.7 Å². The van der Waals surface area contributed by atoms with Crippen LogP contribution in [0.1, 0.15) is 27.0 Å². The molecule has 0 unspecified atom stereocenters. The third-order valence-electron chi connectivity index (χ3n) is 6.85. The zero-order valence-corrected chi connectivity index (χ0v) is 22.0. The van der Waals surface area contributed by atoms with Crippen molar-refractivity contribution in [2.45, 2.75) is 13.5 Å². The van der Waals surface area contributed by atoms with Gasteiger partial charge in [-0.3, -0.25) is 23.7 Å². The molecule has 0 atom stereocenters. The van der Waals surface area contributed by atoms with Gasteiger partial charge in [-0.05, 0) is 48.1 Å². The van der Waals surface area contributed by atoms with Gasteiger partial charge in [0.15, 0.2) is 5.78 Å². The molecule has 0 saturated heterocycles. The molecule has 0 radical (unpaired) electrons. The molecular formula is C32H21N3O7. The number of ketones is 2. The molecule has 0 amide bonds. The first kappa shape index (κ1) is 27.5. The Morgan fingerprint density at radius 3 is 2.57 bits per heavy atom. The molecule has 2 heterocycles. The van der Waals surface area contributed by atoms with Gasteiger partial charge in [-0.1, -0.05) is 48.6 Å². The zero-order chi connectivity index (χ0) is 30.1. The van der Waals surface area contributed by atoms with E-state index in [1.165, 1.54) is 25.2 Å². The normalized spacial score (nSPS) is 16.4. The monoisotopic (exact) mass is 559 g/mol. The number of Topliss-reactive ketones (excluding diaryl/α,β-unsaturated/α-hetero) is 2. The minimum absolute atomic E-state index is 0.115. The Hall–Kier alpha value is -6.08. The topological polar surface area (TPSA) is 170 Å². The molecule has 5 rings (SSSR count). The summed E-state index contributed by atoms with van der Waals surface area (Å²) in [6, 6.07) is 13.6. The van der Waals surface area contributed by atoms with Gasteiger partial charge in [-0.2, -0.15) is 5.26 Å². The van der Waals surface area contributed by atoms with Crippen LogP contribution in [0.25, 0.3) is 24.0 Å². The highest BCUT2D eigenvalue weighted by atomic mass is 16.4. The Bertz CT molecular complexity index is 2190. The van der Waals surface area contributed by atoms with Crippen molar-refractivity contribution in [2.24, 2.45) is 4.99 Å². The molecule has 1 aromatic heterocycles. The number of benzene rings is 2. The number of aromatic nitrogens is 1. The number of rotatable bonds is 5. The van der Waals surface area contributed by atoms with Gasteiger partial charge in [0, 0.05) is 21.6 Å². The minimum Gasteiger partial charge on any atom is -0.506 e. The molecule has 10 heteroatoms. The van der Waals surface area contributed by atoms with E-state index in [1.54, 1.807) is 66.8 Å². The number of allylic oxidation sites excluding steroid dienone is 4. The molecule has 42 heavy (non-hydrogen) atoms. The van der Waals surface area contributed by atoms with Crippen LogP contribution in [0.5, 0.6) is 5.88 Å². The molecule has 1 aliphatic carbocycles. The number of nitriles is 1. The molecule has 2 aliphatic rings. The highest BCUT2D eigenvalue weighted by Gasteiger charge is 2.32. The van der Waals surface area contributed by atoms with E-state index >= 15 is 0 Å². The summed E-state index contributed by atoms with van der Waals surface area (Å²) in [6.45, 7) is 0.670. The van der Waals surface area contributed by atoms with Crippen LogP contribution in [0, 0.1) is 18.3 Å². The number of fused-ring (bicyclic) bond motifs is 2. The predicted octanol–water partition coefficient (Wildman–Crippen LogP) is 0.668. The fourth-order valence-corrected chi connectivity index (χ4v) is 4.77. The first-order valence-corrected chi connectivity index (χ1v) is 12.6. The van der Waals surface area contributed by atoms with Crippen LogP contribution in [-0.4, -0.2) is 37.4 Å². The lowest BCUT2D eigenvalue weighted by Gasteiger charge is -2.12. The van der Waals surface area contributed by atoms with E-state index in [4.69, 9.17) is 5.11 Å². The van der Waals surface area contributed by atoms with Gasteiger partial charge in [0.1, 0.15) is 29.6 Å². The number of hydrogen-bond donors (Lipinski definition) is 3. The number of carbonyl (C=O) groups excluding carboxylic acids is 2. The third kappa shape index (κ3) is 4.76. The number of carboxylic acid groups (broad SMARTS) is 1. The number of aromatic hydroxyl groups is 1. The lowest BCUT2D eigenvalue weighted by Crippen LogP contribution is -2.30. The first-order valence-electron chi connectivity index (χ1n) is 12.6. The van der Waals surface area contributed by atoms with Crippen LogP contribution in [0.4, 0.5) is 0 Å². The Morgan fingerprint density at radius 1 is 1.07 bits per heavy atom. The van der Waals surface area contributed by atoms with Crippen molar-refractivity contribution in [2.75, 3.05) is 0 Å².